The van der Waals surface area contributed by atoms with Crippen LogP contribution in [-0.4, -0.2) is 30.6 Å². The van der Waals surface area contributed by atoms with Gasteiger partial charge in [-0.25, -0.2) is 0 Å². The van der Waals surface area contributed by atoms with E-state index in [1.165, 1.54) is 30.8 Å². The molecular formula is C12H15ClN2. The minimum absolute atomic E-state index is 0.671. The van der Waals surface area contributed by atoms with E-state index in [-0.39, 0.29) is 0 Å². The lowest BCUT2D eigenvalue weighted by atomic mass is 9.96. The second-order valence-electron chi connectivity index (χ2n) is 4.43. The summed E-state index contributed by atoms with van der Waals surface area (Å²) in [5.74, 6) is 0. The average Bonchev–Trinajstić information content (AvgIpc) is 2.14. The molecule has 0 aromatic heterocycles. The molecule has 15 heavy (non-hydrogen) atoms. The van der Waals surface area contributed by atoms with Crippen LogP contribution < -0.4 is 5.32 Å². The number of halogens is 1. The normalized spacial score (nSPS) is 25.3. The molecule has 0 radical (unpaired) electrons. The molecule has 0 amide bonds. The van der Waals surface area contributed by atoms with Crippen molar-refractivity contribution in [2.75, 3.05) is 25.0 Å². The monoisotopic (exact) mass is 222 g/mol. The molecule has 1 unspecified atom stereocenters. The number of benzene rings is 1. The average molecular weight is 223 g/mol. The highest BCUT2D eigenvalue weighted by atomic mass is 35.5. The fourth-order valence-electron chi connectivity index (χ4n) is 2.42. The van der Waals surface area contributed by atoms with E-state index < -0.39 is 0 Å². The Morgan fingerprint density at radius 3 is 2.93 bits per heavy atom. The van der Waals surface area contributed by atoms with E-state index in [1.807, 2.05) is 6.07 Å². The summed E-state index contributed by atoms with van der Waals surface area (Å²) >= 11 is 6.01. The van der Waals surface area contributed by atoms with Crippen LogP contribution in [0.3, 0.4) is 0 Å². The van der Waals surface area contributed by atoms with Crippen LogP contribution >= 0.6 is 11.6 Å². The first kappa shape index (κ1) is 9.49. The quantitative estimate of drug-likeness (QED) is 0.785. The molecule has 1 saturated heterocycles. The third-order valence-electron chi connectivity index (χ3n) is 3.46. The Hall–Kier alpha value is -0.730. The maximum absolute atomic E-state index is 6.01. The van der Waals surface area contributed by atoms with Gasteiger partial charge in [-0.3, -0.25) is 4.90 Å². The Morgan fingerprint density at radius 1 is 1.33 bits per heavy atom. The molecule has 1 aromatic carbocycles. The van der Waals surface area contributed by atoms with Gasteiger partial charge in [-0.1, -0.05) is 11.6 Å². The van der Waals surface area contributed by atoms with E-state index in [0.717, 1.165) is 18.0 Å². The van der Waals surface area contributed by atoms with Crippen molar-refractivity contribution < 1.29 is 0 Å². The molecule has 0 saturated carbocycles. The lowest BCUT2D eigenvalue weighted by Crippen LogP contribution is -2.50. The topological polar surface area (TPSA) is 15.3 Å². The van der Waals surface area contributed by atoms with Crippen molar-refractivity contribution in [3.8, 4) is 0 Å². The van der Waals surface area contributed by atoms with Crippen LogP contribution in [0.1, 0.15) is 12.0 Å². The highest BCUT2D eigenvalue weighted by Crippen LogP contribution is 2.28. The number of likely N-dealkylation sites (tertiary alicyclic amines) is 1. The summed E-state index contributed by atoms with van der Waals surface area (Å²) in [7, 11) is 0. The van der Waals surface area contributed by atoms with E-state index in [0.29, 0.717) is 6.04 Å². The highest BCUT2D eigenvalue weighted by molar-refractivity contribution is 6.30. The molecule has 1 atom stereocenters. The van der Waals surface area contributed by atoms with Gasteiger partial charge >= 0.3 is 0 Å². The first-order chi connectivity index (χ1) is 7.33. The van der Waals surface area contributed by atoms with Gasteiger partial charge in [0.25, 0.3) is 0 Å². The SMILES string of the molecule is Clc1ccc2c(c1)CC(N1CCC1)CN2. The minimum atomic E-state index is 0.671. The summed E-state index contributed by atoms with van der Waals surface area (Å²) in [5, 5.41) is 4.34. The van der Waals surface area contributed by atoms with Crippen molar-refractivity contribution in [1.29, 1.82) is 0 Å². The molecule has 0 bridgehead atoms. The predicted octanol–water partition coefficient (Wildman–Crippen LogP) is 2.38. The van der Waals surface area contributed by atoms with E-state index in [1.54, 1.807) is 0 Å². The van der Waals surface area contributed by atoms with Crippen molar-refractivity contribution in [3.05, 3.63) is 28.8 Å². The first-order valence-corrected chi connectivity index (χ1v) is 5.97. The van der Waals surface area contributed by atoms with Crippen molar-refractivity contribution in [3.63, 3.8) is 0 Å². The minimum Gasteiger partial charge on any atom is -0.383 e. The Kier molecular flexibility index (Phi) is 2.33. The molecular weight excluding hydrogens is 208 g/mol. The number of rotatable bonds is 1. The van der Waals surface area contributed by atoms with Gasteiger partial charge in [0, 0.05) is 23.3 Å². The number of anilines is 1. The fourth-order valence-corrected chi connectivity index (χ4v) is 2.62. The van der Waals surface area contributed by atoms with Crippen molar-refractivity contribution in [2.45, 2.75) is 18.9 Å². The highest BCUT2D eigenvalue weighted by Gasteiger charge is 2.27. The van der Waals surface area contributed by atoms with Crippen LogP contribution in [-0.2, 0) is 6.42 Å². The van der Waals surface area contributed by atoms with E-state index in [9.17, 15) is 0 Å². The first-order valence-electron chi connectivity index (χ1n) is 5.59. The van der Waals surface area contributed by atoms with Crippen LogP contribution in [0.25, 0.3) is 0 Å². The Labute approximate surface area is 95.2 Å². The van der Waals surface area contributed by atoms with Crippen LogP contribution in [0.2, 0.25) is 5.02 Å². The van der Waals surface area contributed by atoms with Crippen LogP contribution in [0.5, 0.6) is 0 Å². The standard InChI is InChI=1S/C12H15ClN2/c13-10-2-3-12-9(6-10)7-11(8-14-12)15-4-1-5-15/h2-3,6,11,14H,1,4-5,7-8H2. The number of fused-ring (bicyclic) bond motifs is 1. The molecule has 1 aromatic rings. The van der Waals surface area contributed by atoms with Gasteiger partial charge in [-0.2, -0.15) is 0 Å². The lowest BCUT2D eigenvalue weighted by Gasteiger charge is -2.41. The summed E-state index contributed by atoms with van der Waals surface area (Å²) < 4.78 is 0. The zero-order chi connectivity index (χ0) is 10.3. The van der Waals surface area contributed by atoms with Crippen LogP contribution in [0, 0.1) is 0 Å². The molecule has 3 rings (SSSR count). The second-order valence-corrected chi connectivity index (χ2v) is 4.87. The van der Waals surface area contributed by atoms with Gasteiger partial charge in [0.05, 0.1) is 0 Å². The fraction of sp³-hybridized carbons (Fsp3) is 0.500. The van der Waals surface area contributed by atoms with Gasteiger partial charge in [0.15, 0.2) is 0 Å². The van der Waals surface area contributed by atoms with Crippen molar-refractivity contribution >= 4 is 17.3 Å². The lowest BCUT2D eigenvalue weighted by molar-refractivity contribution is 0.122. The zero-order valence-corrected chi connectivity index (χ0v) is 9.43. The molecule has 1 N–H and O–H groups in total. The molecule has 2 aliphatic rings. The molecule has 0 aliphatic carbocycles. The molecule has 2 nitrogen and oxygen atoms in total. The van der Waals surface area contributed by atoms with Gasteiger partial charge in [0.1, 0.15) is 0 Å². The maximum atomic E-state index is 6.01. The van der Waals surface area contributed by atoms with Gasteiger partial charge < -0.3 is 5.32 Å². The predicted molar refractivity (Wildman–Crippen MR) is 63.6 cm³/mol. The molecule has 0 spiro atoms. The summed E-state index contributed by atoms with van der Waals surface area (Å²) in [6.07, 6.45) is 2.50. The number of nitrogens with zero attached hydrogens (tertiary/aromatic N) is 1. The zero-order valence-electron chi connectivity index (χ0n) is 8.67. The van der Waals surface area contributed by atoms with E-state index in [2.05, 4.69) is 22.3 Å². The third kappa shape index (κ3) is 1.72. The van der Waals surface area contributed by atoms with E-state index >= 15 is 0 Å². The van der Waals surface area contributed by atoms with Gasteiger partial charge in [0.2, 0.25) is 0 Å². The summed E-state index contributed by atoms with van der Waals surface area (Å²) in [6.45, 7) is 3.61. The Bertz CT molecular complexity index is 374. The number of hydrogen-bond acceptors (Lipinski definition) is 2. The van der Waals surface area contributed by atoms with Crippen molar-refractivity contribution in [1.82, 2.24) is 4.90 Å². The van der Waals surface area contributed by atoms with Crippen molar-refractivity contribution in [2.24, 2.45) is 0 Å². The molecule has 3 heteroatoms. The summed E-state index contributed by atoms with van der Waals surface area (Å²) in [4.78, 5) is 2.55. The Balaban J connectivity index is 1.81. The van der Waals surface area contributed by atoms with Crippen LogP contribution in [0.15, 0.2) is 18.2 Å². The number of hydrogen-bond donors (Lipinski definition) is 1. The van der Waals surface area contributed by atoms with Crippen LogP contribution in [0.4, 0.5) is 5.69 Å². The molecule has 80 valence electrons. The molecule has 2 aliphatic heterocycles. The van der Waals surface area contributed by atoms with E-state index in [4.69, 9.17) is 11.6 Å². The third-order valence-corrected chi connectivity index (χ3v) is 3.69. The van der Waals surface area contributed by atoms with Gasteiger partial charge in [-0.05, 0) is 49.7 Å². The molecule has 1 fully saturated rings. The summed E-state index contributed by atoms with van der Waals surface area (Å²) in [5.41, 5.74) is 2.63. The second kappa shape index (κ2) is 3.69. The Morgan fingerprint density at radius 2 is 2.20 bits per heavy atom. The maximum Gasteiger partial charge on any atom is 0.0410 e. The number of nitrogens with one attached hydrogen (secondary N) is 1. The van der Waals surface area contributed by atoms with Gasteiger partial charge in [-0.15, -0.1) is 0 Å². The smallest absolute Gasteiger partial charge is 0.0410 e. The largest absolute Gasteiger partial charge is 0.383 e. The molecule has 2 heterocycles. The summed E-state index contributed by atoms with van der Waals surface area (Å²) in [6, 6.07) is 6.81.